The molecule has 1 fully saturated rings. The van der Waals surface area contributed by atoms with Gasteiger partial charge in [-0.15, -0.1) is 0 Å². The van der Waals surface area contributed by atoms with Crippen LogP contribution in [0.5, 0.6) is 0 Å². The van der Waals surface area contributed by atoms with E-state index >= 15 is 0 Å². The van der Waals surface area contributed by atoms with Crippen molar-refractivity contribution in [3.8, 4) is 0 Å². The van der Waals surface area contributed by atoms with E-state index in [1.807, 2.05) is 0 Å². The summed E-state index contributed by atoms with van der Waals surface area (Å²) in [5.74, 6) is -0.898. The topological polar surface area (TPSA) is 67.6 Å². The van der Waals surface area contributed by atoms with Crippen LogP contribution in [-0.4, -0.2) is 49.7 Å². The lowest BCUT2D eigenvalue weighted by atomic mass is 10.2. The highest BCUT2D eigenvalue weighted by molar-refractivity contribution is 5.94. The first kappa shape index (κ1) is 14.7. The second kappa shape index (κ2) is 6.67. The molecule has 0 saturated carbocycles. The number of likely N-dealkylation sites (N-methyl/N-ethyl adjacent to an activating group) is 1. The lowest BCUT2D eigenvalue weighted by Gasteiger charge is -2.32. The zero-order chi connectivity index (χ0) is 14.5. The first-order valence-corrected chi connectivity index (χ1v) is 6.77. The molecule has 5 nitrogen and oxygen atoms in total. The maximum Gasteiger partial charge on any atom is 0.251 e. The fourth-order valence-corrected chi connectivity index (χ4v) is 2.17. The summed E-state index contributed by atoms with van der Waals surface area (Å²) in [6.45, 7) is 5.87. The van der Waals surface area contributed by atoms with Crippen LogP contribution in [0.3, 0.4) is 0 Å². The minimum atomic E-state index is -0.580. The molecular formula is C14H20FN3O2. The normalized spacial score (nSPS) is 19.8. The van der Waals surface area contributed by atoms with Crippen molar-refractivity contribution >= 4 is 11.6 Å². The van der Waals surface area contributed by atoms with E-state index in [9.17, 15) is 9.18 Å². The Morgan fingerprint density at radius 2 is 2.40 bits per heavy atom. The molecule has 2 rings (SSSR count). The van der Waals surface area contributed by atoms with Crippen molar-refractivity contribution in [2.75, 3.05) is 38.5 Å². The van der Waals surface area contributed by atoms with Crippen LogP contribution in [0.4, 0.5) is 10.1 Å². The molecule has 1 unspecified atom stereocenters. The molecule has 1 atom stereocenters. The second-order valence-electron chi connectivity index (χ2n) is 4.83. The van der Waals surface area contributed by atoms with Gasteiger partial charge in [0.05, 0.1) is 18.4 Å². The van der Waals surface area contributed by atoms with Gasteiger partial charge < -0.3 is 15.8 Å². The number of nitrogens with zero attached hydrogens (tertiary/aromatic N) is 1. The van der Waals surface area contributed by atoms with Crippen LogP contribution < -0.4 is 11.1 Å². The molecule has 6 heteroatoms. The Kier molecular flexibility index (Phi) is 4.92. The fourth-order valence-electron chi connectivity index (χ4n) is 2.17. The molecule has 110 valence electrons. The highest BCUT2D eigenvalue weighted by Crippen LogP contribution is 2.12. The Morgan fingerprint density at radius 3 is 3.10 bits per heavy atom. The molecule has 1 aliphatic heterocycles. The molecule has 0 aromatic heterocycles. The number of hydrogen-bond donors (Lipinski definition) is 2. The Morgan fingerprint density at radius 1 is 1.60 bits per heavy atom. The average Bonchev–Trinajstić information content (AvgIpc) is 2.47. The van der Waals surface area contributed by atoms with E-state index in [0.717, 1.165) is 25.7 Å². The number of nitrogens with one attached hydrogen (secondary N) is 1. The maximum absolute atomic E-state index is 13.3. The third kappa shape index (κ3) is 3.68. The van der Waals surface area contributed by atoms with Gasteiger partial charge in [0.1, 0.15) is 5.82 Å². The van der Waals surface area contributed by atoms with Gasteiger partial charge in [0.2, 0.25) is 0 Å². The smallest absolute Gasteiger partial charge is 0.251 e. The van der Waals surface area contributed by atoms with Crippen molar-refractivity contribution in [2.24, 2.45) is 0 Å². The molecule has 1 heterocycles. The fraction of sp³-hybridized carbons (Fsp3) is 0.500. The van der Waals surface area contributed by atoms with E-state index in [2.05, 4.69) is 17.1 Å². The average molecular weight is 281 g/mol. The first-order valence-electron chi connectivity index (χ1n) is 6.77. The van der Waals surface area contributed by atoms with E-state index in [-0.39, 0.29) is 23.3 Å². The van der Waals surface area contributed by atoms with E-state index in [1.165, 1.54) is 12.1 Å². The Hall–Kier alpha value is -1.66. The molecule has 0 spiro atoms. The maximum atomic E-state index is 13.3. The summed E-state index contributed by atoms with van der Waals surface area (Å²) >= 11 is 0. The van der Waals surface area contributed by atoms with Gasteiger partial charge >= 0.3 is 0 Å². The van der Waals surface area contributed by atoms with Crippen molar-refractivity contribution in [1.29, 1.82) is 0 Å². The number of morpholine rings is 1. The molecule has 0 aliphatic carbocycles. The summed E-state index contributed by atoms with van der Waals surface area (Å²) in [6, 6.07) is 4.04. The van der Waals surface area contributed by atoms with Crippen molar-refractivity contribution in [3.05, 3.63) is 29.6 Å². The molecule has 20 heavy (non-hydrogen) atoms. The van der Waals surface area contributed by atoms with Crippen molar-refractivity contribution in [3.63, 3.8) is 0 Å². The van der Waals surface area contributed by atoms with E-state index < -0.39 is 5.82 Å². The molecule has 1 aromatic carbocycles. The van der Waals surface area contributed by atoms with Crippen molar-refractivity contribution < 1.29 is 13.9 Å². The van der Waals surface area contributed by atoms with E-state index in [4.69, 9.17) is 10.5 Å². The standard InChI is InChI=1S/C14H20FN3O2/c1-2-18-5-6-20-11(9-18)8-17-14(19)10-3-4-13(16)12(15)7-10/h3-4,7,11H,2,5-6,8-9,16H2,1H3,(H,17,19). The van der Waals surface area contributed by atoms with Crippen molar-refractivity contribution in [1.82, 2.24) is 10.2 Å². The number of ether oxygens (including phenoxy) is 1. The van der Waals surface area contributed by atoms with Gasteiger partial charge in [-0.1, -0.05) is 6.92 Å². The van der Waals surface area contributed by atoms with Gasteiger partial charge in [0, 0.05) is 25.2 Å². The van der Waals surface area contributed by atoms with E-state index in [1.54, 1.807) is 0 Å². The number of carbonyl (C=O) groups excluding carboxylic acids is 1. The summed E-state index contributed by atoms with van der Waals surface area (Å²) < 4.78 is 18.9. The van der Waals surface area contributed by atoms with Crippen LogP contribution in [0.15, 0.2) is 18.2 Å². The highest BCUT2D eigenvalue weighted by Gasteiger charge is 2.20. The van der Waals surface area contributed by atoms with Gasteiger partial charge in [0.25, 0.3) is 5.91 Å². The summed E-state index contributed by atoms with van der Waals surface area (Å²) in [5, 5.41) is 2.76. The number of amides is 1. The zero-order valence-corrected chi connectivity index (χ0v) is 11.6. The molecule has 3 N–H and O–H groups in total. The summed E-state index contributed by atoms with van der Waals surface area (Å²) in [7, 11) is 0. The summed E-state index contributed by atoms with van der Waals surface area (Å²) in [6.07, 6.45) is -0.0220. The van der Waals surface area contributed by atoms with Crippen LogP contribution in [0.25, 0.3) is 0 Å². The minimum Gasteiger partial charge on any atom is -0.396 e. The number of halogens is 1. The van der Waals surface area contributed by atoms with Crippen LogP contribution in [0, 0.1) is 5.82 Å². The largest absolute Gasteiger partial charge is 0.396 e. The van der Waals surface area contributed by atoms with Crippen LogP contribution >= 0.6 is 0 Å². The molecule has 1 aromatic rings. The third-order valence-corrected chi connectivity index (χ3v) is 3.42. The number of nitrogen functional groups attached to an aromatic ring is 1. The summed E-state index contributed by atoms with van der Waals surface area (Å²) in [4.78, 5) is 14.2. The molecule has 1 saturated heterocycles. The number of carbonyl (C=O) groups is 1. The quantitative estimate of drug-likeness (QED) is 0.803. The molecule has 1 aliphatic rings. The van der Waals surface area contributed by atoms with Crippen LogP contribution in [0.2, 0.25) is 0 Å². The predicted octanol–water partition coefficient (Wildman–Crippen LogP) is 0.858. The Bertz CT molecular complexity index is 481. The second-order valence-corrected chi connectivity index (χ2v) is 4.83. The molecule has 0 radical (unpaired) electrons. The molecule has 1 amide bonds. The van der Waals surface area contributed by atoms with Gasteiger partial charge in [-0.05, 0) is 24.7 Å². The third-order valence-electron chi connectivity index (χ3n) is 3.42. The van der Waals surface area contributed by atoms with Gasteiger partial charge in [-0.3, -0.25) is 9.69 Å². The SMILES string of the molecule is CCN1CCOC(CNC(=O)c2ccc(N)c(F)c2)C1. The van der Waals surface area contributed by atoms with Gasteiger partial charge in [-0.2, -0.15) is 0 Å². The first-order chi connectivity index (χ1) is 9.60. The Labute approximate surface area is 117 Å². The molecule has 0 bridgehead atoms. The van der Waals surface area contributed by atoms with E-state index in [0.29, 0.717) is 13.2 Å². The number of benzene rings is 1. The van der Waals surface area contributed by atoms with Crippen molar-refractivity contribution in [2.45, 2.75) is 13.0 Å². The highest BCUT2D eigenvalue weighted by atomic mass is 19.1. The van der Waals surface area contributed by atoms with Gasteiger partial charge in [0.15, 0.2) is 0 Å². The Balaban J connectivity index is 1.87. The van der Waals surface area contributed by atoms with Gasteiger partial charge in [-0.25, -0.2) is 4.39 Å². The number of rotatable bonds is 4. The van der Waals surface area contributed by atoms with Crippen LogP contribution in [0.1, 0.15) is 17.3 Å². The monoisotopic (exact) mass is 281 g/mol. The zero-order valence-electron chi connectivity index (χ0n) is 11.6. The number of anilines is 1. The lowest BCUT2D eigenvalue weighted by molar-refractivity contribution is -0.0246. The lowest BCUT2D eigenvalue weighted by Crippen LogP contribution is -2.47. The minimum absolute atomic E-state index is 0.0220. The predicted molar refractivity (Wildman–Crippen MR) is 75.0 cm³/mol. The number of nitrogens with two attached hydrogens (primary N) is 1. The van der Waals surface area contributed by atoms with Crippen LogP contribution in [-0.2, 0) is 4.74 Å². The molecular weight excluding hydrogens is 261 g/mol. The summed E-state index contributed by atoms with van der Waals surface area (Å²) in [5.41, 5.74) is 5.68. The number of hydrogen-bond acceptors (Lipinski definition) is 4.